The summed E-state index contributed by atoms with van der Waals surface area (Å²) < 4.78 is 37.4. The summed E-state index contributed by atoms with van der Waals surface area (Å²) in [6.07, 6.45) is 1.28. The second-order valence-electron chi connectivity index (χ2n) is 2.93. The highest BCUT2D eigenvalue weighted by Gasteiger charge is 2.08. The minimum Gasteiger partial charge on any atom is -0.367 e. The van der Waals surface area contributed by atoms with E-state index in [1.165, 1.54) is 13.2 Å². The molecule has 0 spiro atoms. The van der Waals surface area contributed by atoms with E-state index in [9.17, 15) is 12.8 Å². The molecule has 90 valence electrons. The third-order valence-electron chi connectivity index (χ3n) is 1.78. The van der Waals surface area contributed by atoms with Crippen molar-refractivity contribution in [2.75, 3.05) is 24.7 Å². The minimum absolute atomic E-state index is 0.0179. The van der Waals surface area contributed by atoms with Crippen LogP contribution in [0.5, 0.6) is 0 Å². The Bertz CT molecular complexity index is 466. The maximum Gasteiger partial charge on any atom is 0.213 e. The van der Waals surface area contributed by atoms with Gasteiger partial charge in [0, 0.05) is 12.7 Å². The number of nitrogens with zero attached hydrogens (tertiary/aromatic N) is 1. The number of halogens is 2. The average molecular weight is 268 g/mol. The summed E-state index contributed by atoms with van der Waals surface area (Å²) >= 11 is 5.51. The molecule has 1 aromatic rings. The molecule has 0 bridgehead atoms. The van der Waals surface area contributed by atoms with Gasteiger partial charge in [-0.05, 0) is 13.1 Å². The van der Waals surface area contributed by atoms with Crippen molar-refractivity contribution in [3.63, 3.8) is 0 Å². The molecule has 2 N–H and O–H groups in total. The van der Waals surface area contributed by atoms with E-state index in [0.717, 1.165) is 6.07 Å². The SMILES string of the molecule is CNS(=O)(=O)CCNc1ncc(Cl)cc1F. The summed E-state index contributed by atoms with van der Waals surface area (Å²) in [6.45, 7) is 0.0642. The second kappa shape index (κ2) is 5.42. The lowest BCUT2D eigenvalue weighted by Crippen LogP contribution is -2.26. The first-order valence-corrected chi connectivity index (χ1v) is 6.44. The Kier molecular flexibility index (Phi) is 4.45. The lowest BCUT2D eigenvalue weighted by atomic mass is 10.4. The zero-order chi connectivity index (χ0) is 12.2. The molecule has 0 amide bonds. The number of hydrogen-bond donors (Lipinski definition) is 2. The van der Waals surface area contributed by atoms with Gasteiger partial charge in [0.2, 0.25) is 10.0 Å². The molecular formula is C8H11ClFN3O2S. The molecular weight excluding hydrogens is 257 g/mol. The van der Waals surface area contributed by atoms with Gasteiger partial charge in [0.1, 0.15) is 0 Å². The van der Waals surface area contributed by atoms with Crippen LogP contribution in [0.3, 0.4) is 0 Å². The third kappa shape index (κ3) is 3.92. The topological polar surface area (TPSA) is 71.1 Å². The van der Waals surface area contributed by atoms with E-state index in [1.807, 2.05) is 0 Å². The van der Waals surface area contributed by atoms with E-state index >= 15 is 0 Å². The Morgan fingerprint density at radius 1 is 1.56 bits per heavy atom. The van der Waals surface area contributed by atoms with Crippen molar-refractivity contribution in [1.29, 1.82) is 0 Å². The predicted molar refractivity (Wildman–Crippen MR) is 60.5 cm³/mol. The van der Waals surface area contributed by atoms with E-state index in [-0.39, 0.29) is 23.1 Å². The molecule has 0 unspecified atom stereocenters. The summed E-state index contributed by atoms with van der Waals surface area (Å²) in [7, 11) is -1.98. The monoisotopic (exact) mass is 267 g/mol. The fourth-order valence-electron chi connectivity index (χ4n) is 0.951. The molecule has 0 fully saturated rings. The molecule has 0 aliphatic carbocycles. The molecule has 0 aromatic carbocycles. The Morgan fingerprint density at radius 3 is 2.81 bits per heavy atom. The summed E-state index contributed by atoms with van der Waals surface area (Å²) in [6, 6.07) is 1.10. The number of anilines is 1. The van der Waals surface area contributed by atoms with Crippen LogP contribution in [0.25, 0.3) is 0 Å². The summed E-state index contributed by atoms with van der Waals surface area (Å²) in [5.41, 5.74) is 0. The van der Waals surface area contributed by atoms with Crippen LogP contribution in [-0.2, 0) is 10.0 Å². The molecule has 5 nitrogen and oxygen atoms in total. The van der Waals surface area contributed by atoms with Gasteiger partial charge in [-0.25, -0.2) is 22.5 Å². The van der Waals surface area contributed by atoms with Gasteiger partial charge in [0.15, 0.2) is 11.6 Å². The first-order chi connectivity index (χ1) is 7.44. The zero-order valence-electron chi connectivity index (χ0n) is 8.50. The van der Waals surface area contributed by atoms with Gasteiger partial charge >= 0.3 is 0 Å². The fraction of sp³-hybridized carbons (Fsp3) is 0.375. The lowest BCUT2D eigenvalue weighted by molar-refractivity contribution is 0.588. The van der Waals surface area contributed by atoms with E-state index in [4.69, 9.17) is 11.6 Å². The zero-order valence-corrected chi connectivity index (χ0v) is 10.1. The molecule has 0 aliphatic heterocycles. The number of rotatable bonds is 5. The van der Waals surface area contributed by atoms with Crippen molar-refractivity contribution in [2.45, 2.75) is 0 Å². The smallest absolute Gasteiger partial charge is 0.213 e. The number of sulfonamides is 1. The summed E-state index contributed by atoms with van der Waals surface area (Å²) in [5.74, 6) is -0.794. The second-order valence-corrected chi connectivity index (χ2v) is 5.42. The highest BCUT2D eigenvalue weighted by molar-refractivity contribution is 7.89. The minimum atomic E-state index is -3.30. The van der Waals surface area contributed by atoms with Crippen LogP contribution < -0.4 is 10.0 Å². The maximum absolute atomic E-state index is 13.2. The summed E-state index contributed by atoms with van der Waals surface area (Å²) in [5, 5.41) is 2.75. The maximum atomic E-state index is 13.2. The first-order valence-electron chi connectivity index (χ1n) is 4.41. The summed E-state index contributed by atoms with van der Waals surface area (Å²) in [4.78, 5) is 3.69. The van der Waals surface area contributed by atoms with Gasteiger partial charge in [-0.2, -0.15) is 0 Å². The van der Waals surface area contributed by atoms with E-state index in [1.54, 1.807) is 0 Å². The molecule has 0 atom stereocenters. The average Bonchev–Trinajstić information content (AvgIpc) is 2.21. The van der Waals surface area contributed by atoms with E-state index in [2.05, 4.69) is 15.0 Å². The lowest BCUT2D eigenvalue weighted by Gasteiger charge is -2.06. The largest absolute Gasteiger partial charge is 0.367 e. The Balaban J connectivity index is 2.56. The quantitative estimate of drug-likeness (QED) is 0.829. The van der Waals surface area contributed by atoms with Crippen LogP contribution in [0.2, 0.25) is 5.02 Å². The molecule has 0 saturated carbocycles. The first kappa shape index (κ1) is 13.1. The van der Waals surface area contributed by atoms with Crippen LogP contribution in [0.1, 0.15) is 0 Å². The van der Waals surface area contributed by atoms with Crippen molar-refractivity contribution < 1.29 is 12.8 Å². The van der Waals surface area contributed by atoms with Crippen molar-refractivity contribution in [3.05, 3.63) is 23.1 Å². The molecule has 1 rings (SSSR count). The van der Waals surface area contributed by atoms with Gasteiger partial charge in [-0.1, -0.05) is 11.6 Å². The van der Waals surface area contributed by atoms with Gasteiger partial charge in [0.05, 0.1) is 10.8 Å². The number of pyridine rings is 1. The molecule has 1 heterocycles. The molecule has 0 aliphatic rings. The standard InChI is InChI=1S/C8H11ClFN3O2S/c1-11-16(14,15)3-2-12-8-7(10)4-6(9)5-13-8/h4-5,11H,2-3H2,1H3,(H,12,13). The van der Waals surface area contributed by atoms with Crippen molar-refractivity contribution in [3.8, 4) is 0 Å². The molecule has 1 aromatic heterocycles. The molecule has 16 heavy (non-hydrogen) atoms. The van der Waals surface area contributed by atoms with E-state index < -0.39 is 15.8 Å². The van der Waals surface area contributed by atoms with Gasteiger partial charge in [-0.15, -0.1) is 0 Å². The van der Waals surface area contributed by atoms with Gasteiger partial charge in [-0.3, -0.25) is 0 Å². The van der Waals surface area contributed by atoms with Crippen LogP contribution in [0.4, 0.5) is 10.2 Å². The molecule has 0 radical (unpaired) electrons. The normalized spacial score (nSPS) is 11.4. The Morgan fingerprint density at radius 2 is 2.25 bits per heavy atom. The Labute approximate surface area is 98.1 Å². The highest BCUT2D eigenvalue weighted by Crippen LogP contribution is 2.14. The van der Waals surface area contributed by atoms with Gasteiger partial charge in [0.25, 0.3) is 0 Å². The fourth-order valence-corrected chi connectivity index (χ4v) is 1.67. The predicted octanol–water partition coefficient (Wildman–Crippen LogP) is 0.835. The molecule has 8 heteroatoms. The van der Waals surface area contributed by atoms with Crippen molar-refractivity contribution >= 4 is 27.4 Å². The number of aromatic nitrogens is 1. The molecule has 0 saturated heterocycles. The van der Waals surface area contributed by atoms with Crippen molar-refractivity contribution in [1.82, 2.24) is 9.71 Å². The van der Waals surface area contributed by atoms with Crippen LogP contribution in [-0.4, -0.2) is 32.7 Å². The van der Waals surface area contributed by atoms with Gasteiger partial charge < -0.3 is 5.32 Å². The third-order valence-corrected chi connectivity index (χ3v) is 3.35. The Hall–Kier alpha value is -0.920. The van der Waals surface area contributed by atoms with Crippen LogP contribution in [0, 0.1) is 5.82 Å². The van der Waals surface area contributed by atoms with Crippen molar-refractivity contribution in [2.24, 2.45) is 0 Å². The van der Waals surface area contributed by atoms with Crippen LogP contribution in [0.15, 0.2) is 12.3 Å². The van der Waals surface area contributed by atoms with Crippen LogP contribution >= 0.6 is 11.6 Å². The number of hydrogen-bond acceptors (Lipinski definition) is 4. The number of nitrogens with one attached hydrogen (secondary N) is 2. The van der Waals surface area contributed by atoms with E-state index in [0.29, 0.717) is 0 Å². The highest BCUT2D eigenvalue weighted by atomic mass is 35.5.